The predicted molar refractivity (Wildman–Crippen MR) is 129 cm³/mol. The van der Waals surface area contributed by atoms with Gasteiger partial charge in [0.2, 0.25) is 11.8 Å². The van der Waals surface area contributed by atoms with Crippen molar-refractivity contribution in [2.45, 2.75) is 38.0 Å². The number of anilines is 1. The van der Waals surface area contributed by atoms with Crippen molar-refractivity contribution in [1.29, 1.82) is 0 Å². The molecule has 1 saturated carbocycles. The largest absolute Gasteiger partial charge is 0.399 e. The number of fused-ring (bicyclic) bond motifs is 1. The number of nitrogens with one attached hydrogen (secondary N) is 1. The molecule has 35 heavy (non-hydrogen) atoms. The van der Waals surface area contributed by atoms with Gasteiger partial charge in [0.1, 0.15) is 12.4 Å². The minimum absolute atomic E-state index is 0.00129. The lowest BCUT2D eigenvalue weighted by molar-refractivity contribution is -0.141. The Kier molecular flexibility index (Phi) is 6.90. The van der Waals surface area contributed by atoms with Gasteiger partial charge in [-0.1, -0.05) is 23.7 Å². The van der Waals surface area contributed by atoms with Crippen molar-refractivity contribution in [3.63, 3.8) is 0 Å². The molecular weight excluding hydrogens is 477 g/mol. The van der Waals surface area contributed by atoms with Gasteiger partial charge in [-0.25, -0.2) is 4.39 Å². The van der Waals surface area contributed by atoms with Crippen LogP contribution in [0, 0.1) is 5.82 Å². The molecule has 0 unspecified atom stereocenters. The highest BCUT2D eigenvalue weighted by molar-refractivity contribution is 6.30. The summed E-state index contributed by atoms with van der Waals surface area (Å²) in [6.45, 7) is -0.548. The number of nitrogens with zero attached hydrogens (tertiary/aromatic N) is 3. The number of hydrogen-bond donors (Lipinski definition) is 4. The molecular formula is C23H25ClFN7O3. The van der Waals surface area contributed by atoms with Crippen LogP contribution in [0.3, 0.4) is 0 Å². The quantitative estimate of drug-likeness (QED) is 0.338. The molecule has 1 aliphatic carbocycles. The predicted octanol–water partition coefficient (Wildman–Crippen LogP) is 1.14. The van der Waals surface area contributed by atoms with E-state index in [0.717, 1.165) is 0 Å². The lowest BCUT2D eigenvalue weighted by atomic mass is 9.86. The van der Waals surface area contributed by atoms with Crippen LogP contribution >= 0.6 is 11.6 Å². The lowest BCUT2D eigenvalue weighted by Gasteiger charge is -2.41. The first kappa shape index (κ1) is 24.4. The zero-order chi connectivity index (χ0) is 25.3. The van der Waals surface area contributed by atoms with Crippen molar-refractivity contribution in [3.8, 4) is 0 Å². The minimum atomic E-state index is -0.749. The van der Waals surface area contributed by atoms with Gasteiger partial charge < -0.3 is 27.4 Å². The molecule has 3 amide bonds. The summed E-state index contributed by atoms with van der Waals surface area (Å²) in [5.41, 5.74) is 18.3. The van der Waals surface area contributed by atoms with Crippen molar-refractivity contribution in [1.82, 2.24) is 20.0 Å². The van der Waals surface area contributed by atoms with E-state index >= 15 is 0 Å². The van der Waals surface area contributed by atoms with Crippen LogP contribution in [-0.4, -0.2) is 51.0 Å². The summed E-state index contributed by atoms with van der Waals surface area (Å²) >= 11 is 5.79. The van der Waals surface area contributed by atoms with E-state index in [-0.39, 0.29) is 53.9 Å². The fourth-order valence-electron chi connectivity index (χ4n) is 4.11. The number of carbonyl (C=O) groups excluding carboxylic acids is 3. The summed E-state index contributed by atoms with van der Waals surface area (Å²) in [4.78, 5) is 39.2. The average Bonchev–Trinajstić information content (AvgIpc) is 3.14. The first-order chi connectivity index (χ1) is 16.6. The summed E-state index contributed by atoms with van der Waals surface area (Å²) < 4.78 is 15.5. The van der Waals surface area contributed by atoms with Crippen LogP contribution in [0.1, 0.15) is 28.9 Å². The molecule has 0 saturated heterocycles. The second kappa shape index (κ2) is 9.88. The molecule has 12 heteroatoms. The maximum Gasteiger partial charge on any atom is 0.269 e. The number of halogens is 2. The molecule has 1 aliphatic rings. The zero-order valence-corrected chi connectivity index (χ0v) is 19.5. The Morgan fingerprint density at radius 1 is 1.23 bits per heavy atom. The van der Waals surface area contributed by atoms with Crippen LogP contribution < -0.4 is 22.5 Å². The highest BCUT2D eigenvalue weighted by atomic mass is 35.5. The highest BCUT2D eigenvalue weighted by Gasteiger charge is 2.35. The number of benzene rings is 2. The highest BCUT2D eigenvalue weighted by Crippen LogP contribution is 2.26. The molecule has 0 spiro atoms. The van der Waals surface area contributed by atoms with Crippen LogP contribution in [0.2, 0.25) is 5.02 Å². The molecule has 0 aliphatic heterocycles. The maximum absolute atomic E-state index is 14.1. The number of rotatable bonds is 8. The van der Waals surface area contributed by atoms with Gasteiger partial charge in [0.05, 0.1) is 17.1 Å². The van der Waals surface area contributed by atoms with Crippen molar-refractivity contribution in [2.24, 2.45) is 11.5 Å². The third-order valence-electron chi connectivity index (χ3n) is 6.03. The second-order valence-corrected chi connectivity index (χ2v) is 8.95. The standard InChI is InChI=1S/C23H25ClFN7O3/c24-17-3-1-2-12(21(17)25)9-29-19(33)10-31(15-6-14(27)7-15)20(34)11-32-18-5-4-13(26)8-16(18)22(30-32)23(28)35/h1-5,8,14-15H,6-7,9-11,26-27H2,(H2,28,35)(H,29,33). The summed E-state index contributed by atoms with van der Waals surface area (Å²) in [5.74, 6) is -2.21. The molecule has 0 atom stereocenters. The van der Waals surface area contributed by atoms with Crippen LogP contribution in [0.15, 0.2) is 36.4 Å². The van der Waals surface area contributed by atoms with Crippen LogP contribution in [0.25, 0.3) is 10.9 Å². The van der Waals surface area contributed by atoms with E-state index in [1.807, 2.05) is 0 Å². The van der Waals surface area contributed by atoms with Gasteiger partial charge in [-0.05, 0) is 37.1 Å². The van der Waals surface area contributed by atoms with Crippen molar-refractivity contribution >= 4 is 45.9 Å². The van der Waals surface area contributed by atoms with E-state index in [1.54, 1.807) is 24.3 Å². The molecule has 1 heterocycles. The zero-order valence-electron chi connectivity index (χ0n) is 18.7. The third-order valence-corrected chi connectivity index (χ3v) is 6.32. The number of nitrogens with two attached hydrogens (primary N) is 3. The van der Waals surface area contributed by atoms with Gasteiger partial charge in [-0.3, -0.25) is 19.1 Å². The van der Waals surface area contributed by atoms with Crippen molar-refractivity contribution < 1.29 is 18.8 Å². The van der Waals surface area contributed by atoms with Gasteiger partial charge in [-0.2, -0.15) is 5.10 Å². The fourth-order valence-corrected chi connectivity index (χ4v) is 4.31. The molecule has 0 radical (unpaired) electrons. The van der Waals surface area contributed by atoms with Gasteiger partial charge in [0, 0.05) is 35.3 Å². The number of amides is 3. The smallest absolute Gasteiger partial charge is 0.269 e. The van der Waals surface area contributed by atoms with Gasteiger partial charge >= 0.3 is 0 Å². The minimum Gasteiger partial charge on any atom is -0.399 e. The summed E-state index contributed by atoms with van der Waals surface area (Å²) in [6.07, 6.45) is 1.09. The second-order valence-electron chi connectivity index (χ2n) is 8.54. The Balaban J connectivity index is 1.50. The molecule has 184 valence electrons. The van der Waals surface area contributed by atoms with E-state index in [9.17, 15) is 18.8 Å². The maximum atomic E-state index is 14.1. The molecule has 4 rings (SSSR count). The Morgan fingerprint density at radius 3 is 2.66 bits per heavy atom. The summed E-state index contributed by atoms with van der Waals surface area (Å²) in [7, 11) is 0. The molecule has 1 aromatic heterocycles. The molecule has 3 aromatic rings. The number of nitrogen functional groups attached to an aromatic ring is 1. The molecule has 2 aromatic carbocycles. The van der Waals surface area contributed by atoms with Crippen molar-refractivity contribution in [3.05, 3.63) is 58.5 Å². The Hall–Kier alpha value is -3.70. The number of primary amides is 1. The van der Waals surface area contributed by atoms with E-state index in [1.165, 1.54) is 21.7 Å². The van der Waals surface area contributed by atoms with E-state index in [4.69, 9.17) is 28.8 Å². The normalized spacial score (nSPS) is 17.1. The Labute approximate surface area is 205 Å². The summed E-state index contributed by atoms with van der Waals surface area (Å²) in [5, 5.41) is 7.22. The average molecular weight is 502 g/mol. The SMILES string of the molecule is NC(=O)c1nn(CC(=O)N(CC(=O)NCc2cccc(Cl)c2F)C2CC(N)C2)c2ccc(N)cc12. The third kappa shape index (κ3) is 5.20. The topological polar surface area (TPSA) is 162 Å². The van der Waals surface area contributed by atoms with Crippen LogP contribution in [0.5, 0.6) is 0 Å². The Morgan fingerprint density at radius 2 is 1.97 bits per heavy atom. The number of aromatic nitrogens is 2. The molecule has 7 N–H and O–H groups in total. The van der Waals surface area contributed by atoms with E-state index < -0.39 is 17.6 Å². The summed E-state index contributed by atoms with van der Waals surface area (Å²) in [6, 6.07) is 9.07. The van der Waals surface area contributed by atoms with Gasteiger partial charge in [0.15, 0.2) is 5.69 Å². The van der Waals surface area contributed by atoms with Gasteiger partial charge in [-0.15, -0.1) is 0 Å². The van der Waals surface area contributed by atoms with Crippen molar-refractivity contribution in [2.75, 3.05) is 12.3 Å². The number of carbonyl (C=O) groups is 3. The first-order valence-electron chi connectivity index (χ1n) is 10.9. The number of hydrogen-bond acceptors (Lipinski definition) is 6. The molecule has 1 fully saturated rings. The molecule has 0 bridgehead atoms. The van der Waals surface area contributed by atoms with Crippen LogP contribution in [-0.2, 0) is 22.7 Å². The first-order valence-corrected chi connectivity index (χ1v) is 11.3. The van der Waals surface area contributed by atoms with Gasteiger partial charge in [0.25, 0.3) is 5.91 Å². The fraction of sp³-hybridized carbons (Fsp3) is 0.304. The lowest BCUT2D eigenvalue weighted by Crippen LogP contribution is -2.55. The van der Waals surface area contributed by atoms with Crippen LogP contribution in [0.4, 0.5) is 10.1 Å². The molecule has 10 nitrogen and oxygen atoms in total. The van der Waals surface area contributed by atoms with E-state index in [0.29, 0.717) is 29.4 Å². The monoisotopic (exact) mass is 501 g/mol. The Bertz CT molecular complexity index is 1310. The van der Waals surface area contributed by atoms with E-state index in [2.05, 4.69) is 10.4 Å².